The number of ether oxygens (including phenoxy) is 2. The number of carbonyl (C=O) groups excluding carboxylic acids is 2. The van der Waals surface area contributed by atoms with E-state index < -0.39 is 4.92 Å². The lowest BCUT2D eigenvalue weighted by Gasteiger charge is -2.13. The number of fused-ring (bicyclic) bond motifs is 5. The van der Waals surface area contributed by atoms with Crippen molar-refractivity contribution in [3.8, 4) is 11.5 Å². The number of nitro benzene ring substituents is 1. The van der Waals surface area contributed by atoms with Crippen LogP contribution in [0.25, 0.3) is 0 Å². The molecule has 0 spiro atoms. The molecule has 0 radical (unpaired) electrons. The Kier molecular flexibility index (Phi) is 5.16. The first-order valence-corrected chi connectivity index (χ1v) is 10.6. The lowest BCUT2D eigenvalue weighted by Crippen LogP contribution is -2.28. The zero-order valence-corrected chi connectivity index (χ0v) is 17.8. The zero-order valence-electron chi connectivity index (χ0n) is 17.8. The van der Waals surface area contributed by atoms with Gasteiger partial charge in [0.1, 0.15) is 6.61 Å². The smallest absolute Gasteiger partial charge is 0.269 e. The van der Waals surface area contributed by atoms with Crippen LogP contribution in [0, 0.1) is 33.8 Å². The number of benzene rings is 2. The summed E-state index contributed by atoms with van der Waals surface area (Å²) in [5.41, 5.74) is 1.43. The van der Waals surface area contributed by atoms with Crippen LogP contribution in [-0.4, -0.2) is 35.1 Å². The van der Waals surface area contributed by atoms with Gasteiger partial charge in [-0.05, 0) is 59.7 Å². The van der Waals surface area contributed by atoms with E-state index in [-0.39, 0.29) is 47.8 Å². The highest BCUT2D eigenvalue weighted by Gasteiger charge is 2.59. The molecule has 2 amide bonds. The average Bonchev–Trinajstić information content (AvgIpc) is 3.51. The van der Waals surface area contributed by atoms with Crippen molar-refractivity contribution in [3.63, 3.8) is 0 Å². The molecular weight excluding hydrogens is 426 g/mol. The van der Waals surface area contributed by atoms with Crippen LogP contribution in [0.2, 0.25) is 0 Å². The normalized spacial score (nSPS) is 25.2. The number of hydrogen-bond acceptors (Lipinski definition) is 7. The summed E-state index contributed by atoms with van der Waals surface area (Å²) in [6.45, 7) is 0.206. The number of allylic oxidation sites excluding steroid dienone is 2. The molecule has 9 heteroatoms. The van der Waals surface area contributed by atoms with E-state index >= 15 is 0 Å². The van der Waals surface area contributed by atoms with Gasteiger partial charge in [-0.3, -0.25) is 19.7 Å². The topological polar surface area (TPSA) is 111 Å². The van der Waals surface area contributed by atoms with Crippen molar-refractivity contribution in [2.24, 2.45) is 28.8 Å². The van der Waals surface area contributed by atoms with Gasteiger partial charge in [0.2, 0.25) is 0 Å². The lowest BCUT2D eigenvalue weighted by molar-refractivity contribution is -0.384. The maximum absolute atomic E-state index is 12.7. The second-order valence-electron chi connectivity index (χ2n) is 8.36. The molecule has 5 rings (SSSR count). The fraction of sp³-hybridized carbons (Fsp3) is 0.292. The molecule has 1 saturated carbocycles. The molecule has 168 valence electrons. The first-order chi connectivity index (χ1) is 16.0. The van der Waals surface area contributed by atoms with Crippen molar-refractivity contribution in [1.82, 2.24) is 5.01 Å². The summed E-state index contributed by atoms with van der Waals surface area (Å²) in [6.07, 6.45) is 6.44. The van der Waals surface area contributed by atoms with Gasteiger partial charge in [-0.15, -0.1) is 0 Å². The molecule has 1 heterocycles. The summed E-state index contributed by atoms with van der Waals surface area (Å²) in [5.74, 6) is 0.204. The molecule has 2 fully saturated rings. The molecule has 1 aliphatic heterocycles. The Balaban J connectivity index is 1.26. The average molecular weight is 447 g/mol. The maximum Gasteiger partial charge on any atom is 0.269 e. The molecule has 9 nitrogen and oxygen atoms in total. The van der Waals surface area contributed by atoms with E-state index in [1.54, 1.807) is 30.3 Å². The minimum atomic E-state index is -0.454. The zero-order chi connectivity index (χ0) is 23.1. The number of hydrogen-bond donors (Lipinski definition) is 0. The van der Waals surface area contributed by atoms with E-state index in [4.69, 9.17) is 9.47 Å². The molecule has 4 unspecified atom stereocenters. The Bertz CT molecular complexity index is 1160. The quantitative estimate of drug-likeness (QED) is 0.212. The van der Waals surface area contributed by atoms with Crippen LogP contribution in [0.5, 0.6) is 11.5 Å². The summed E-state index contributed by atoms with van der Waals surface area (Å²) < 4.78 is 11.2. The van der Waals surface area contributed by atoms with Crippen LogP contribution in [-0.2, 0) is 16.2 Å². The van der Waals surface area contributed by atoms with E-state index in [9.17, 15) is 19.7 Å². The predicted octanol–water partition coefficient (Wildman–Crippen LogP) is 3.32. The number of imide groups is 1. The number of methoxy groups -OCH3 is 1. The third-order valence-electron chi connectivity index (χ3n) is 6.50. The fourth-order valence-corrected chi connectivity index (χ4v) is 4.88. The van der Waals surface area contributed by atoms with Crippen molar-refractivity contribution in [2.45, 2.75) is 13.0 Å². The summed E-state index contributed by atoms with van der Waals surface area (Å²) in [4.78, 5) is 35.8. The minimum absolute atomic E-state index is 0.0162. The Morgan fingerprint density at radius 3 is 2.33 bits per heavy atom. The van der Waals surface area contributed by atoms with E-state index in [0.717, 1.165) is 17.0 Å². The highest BCUT2D eigenvalue weighted by molar-refractivity contribution is 6.06. The fourth-order valence-electron chi connectivity index (χ4n) is 4.88. The lowest BCUT2D eigenvalue weighted by atomic mass is 9.85. The molecular formula is C24H21N3O6. The largest absolute Gasteiger partial charge is 0.493 e. The Labute approximate surface area is 189 Å². The van der Waals surface area contributed by atoms with Crippen LogP contribution < -0.4 is 9.47 Å². The van der Waals surface area contributed by atoms with Gasteiger partial charge in [0.05, 0.1) is 30.1 Å². The Morgan fingerprint density at radius 2 is 1.73 bits per heavy atom. The number of hydrazone groups is 1. The Hall–Kier alpha value is -4.01. The molecule has 1 saturated heterocycles. The van der Waals surface area contributed by atoms with E-state index in [2.05, 4.69) is 5.10 Å². The van der Waals surface area contributed by atoms with Gasteiger partial charge in [-0.2, -0.15) is 10.1 Å². The second kappa shape index (κ2) is 8.16. The number of carbonyl (C=O) groups is 2. The first kappa shape index (κ1) is 20.9. The molecule has 2 aromatic rings. The van der Waals surface area contributed by atoms with Crippen LogP contribution >= 0.6 is 0 Å². The van der Waals surface area contributed by atoms with Crippen LogP contribution in [0.4, 0.5) is 5.69 Å². The maximum atomic E-state index is 12.7. The van der Waals surface area contributed by atoms with E-state index in [1.165, 1.54) is 25.5 Å². The number of amides is 2. The molecule has 2 bridgehead atoms. The van der Waals surface area contributed by atoms with Gasteiger partial charge in [0.25, 0.3) is 17.5 Å². The summed E-state index contributed by atoms with van der Waals surface area (Å²) in [7, 11) is 1.51. The van der Waals surface area contributed by atoms with Gasteiger partial charge in [0, 0.05) is 12.1 Å². The van der Waals surface area contributed by atoms with E-state index in [0.29, 0.717) is 17.1 Å². The van der Waals surface area contributed by atoms with Gasteiger partial charge in [-0.1, -0.05) is 12.2 Å². The van der Waals surface area contributed by atoms with Crippen molar-refractivity contribution in [1.29, 1.82) is 0 Å². The minimum Gasteiger partial charge on any atom is -0.493 e. The third kappa shape index (κ3) is 3.65. The first-order valence-electron chi connectivity index (χ1n) is 10.6. The van der Waals surface area contributed by atoms with Crippen molar-refractivity contribution in [2.75, 3.05) is 7.11 Å². The monoisotopic (exact) mass is 447 g/mol. The SMILES string of the molecule is COc1cc(C=NN2C(=O)C3C4C=CC(C4)C3C2=O)ccc1OCc1ccc([N+](=O)[O-])cc1. The standard InChI is InChI=1S/C24H21N3O6/c1-32-20-10-15(4-9-19(20)33-13-14-2-7-18(8-3-14)27(30)31)12-25-26-23(28)21-16-5-6-17(11-16)22(21)24(26)29/h2-10,12,16-17,21-22H,11,13H2,1H3. The number of nitrogens with zero attached hydrogens (tertiary/aromatic N) is 3. The van der Waals surface area contributed by atoms with Gasteiger partial charge in [0.15, 0.2) is 11.5 Å². The van der Waals surface area contributed by atoms with Crippen molar-refractivity contribution in [3.05, 3.63) is 75.9 Å². The van der Waals surface area contributed by atoms with Crippen LogP contribution in [0.1, 0.15) is 17.5 Å². The molecule has 2 aliphatic carbocycles. The second-order valence-corrected chi connectivity index (χ2v) is 8.36. The highest BCUT2D eigenvalue weighted by Crippen LogP contribution is 2.52. The molecule has 3 aliphatic rings. The predicted molar refractivity (Wildman–Crippen MR) is 118 cm³/mol. The summed E-state index contributed by atoms with van der Waals surface area (Å²) in [6, 6.07) is 11.3. The number of non-ortho nitro benzene ring substituents is 1. The van der Waals surface area contributed by atoms with Crippen LogP contribution in [0.3, 0.4) is 0 Å². The molecule has 0 N–H and O–H groups in total. The molecule has 0 aromatic heterocycles. The van der Waals surface area contributed by atoms with Crippen molar-refractivity contribution >= 4 is 23.7 Å². The highest BCUT2D eigenvalue weighted by atomic mass is 16.6. The van der Waals surface area contributed by atoms with E-state index in [1.807, 2.05) is 12.2 Å². The van der Waals surface area contributed by atoms with Gasteiger partial charge in [-0.25, -0.2) is 0 Å². The van der Waals surface area contributed by atoms with Gasteiger partial charge < -0.3 is 9.47 Å². The third-order valence-corrected chi connectivity index (χ3v) is 6.50. The summed E-state index contributed by atoms with van der Waals surface area (Å²) in [5, 5.41) is 16.0. The molecule has 4 atom stereocenters. The van der Waals surface area contributed by atoms with Gasteiger partial charge >= 0.3 is 0 Å². The number of rotatable bonds is 7. The Morgan fingerprint density at radius 1 is 1.06 bits per heavy atom. The van der Waals surface area contributed by atoms with Crippen molar-refractivity contribution < 1.29 is 24.0 Å². The summed E-state index contributed by atoms with van der Waals surface area (Å²) >= 11 is 0. The molecule has 2 aromatic carbocycles. The van der Waals surface area contributed by atoms with Crippen LogP contribution in [0.15, 0.2) is 59.7 Å². The molecule has 33 heavy (non-hydrogen) atoms. The number of nitro groups is 1.